The van der Waals surface area contributed by atoms with Gasteiger partial charge in [-0.3, -0.25) is 0 Å². The first-order valence-corrected chi connectivity index (χ1v) is 7.38. The zero-order valence-electron chi connectivity index (χ0n) is 12.3. The second-order valence-corrected chi connectivity index (χ2v) is 5.40. The van der Waals surface area contributed by atoms with Crippen LogP contribution in [0.15, 0.2) is 72.9 Å². The minimum absolute atomic E-state index is 0.659. The van der Waals surface area contributed by atoms with E-state index in [0.717, 1.165) is 27.7 Å². The number of nitrogens with one attached hydrogen (secondary N) is 1. The van der Waals surface area contributed by atoms with Crippen molar-refractivity contribution in [1.82, 2.24) is 4.98 Å². The Balaban J connectivity index is 1.90. The largest absolute Gasteiger partial charge is 0.340 e. The summed E-state index contributed by atoms with van der Waals surface area (Å²) in [5, 5.41) is 17.1. The van der Waals surface area contributed by atoms with Crippen molar-refractivity contribution in [2.45, 2.75) is 0 Å². The number of anilines is 2. The summed E-state index contributed by atoms with van der Waals surface area (Å²) in [6, 6.07) is 24.3. The molecule has 0 radical (unpaired) electrons. The maximum absolute atomic E-state index is 9.50. The van der Waals surface area contributed by atoms with Crippen LogP contribution in [0, 0.1) is 11.3 Å². The number of aromatic nitrogens is 1. The molecule has 0 amide bonds. The average Bonchev–Trinajstić information content (AvgIpc) is 2.60. The van der Waals surface area contributed by atoms with Gasteiger partial charge in [0.1, 0.15) is 5.82 Å². The van der Waals surface area contributed by atoms with Crippen LogP contribution in [0.1, 0.15) is 5.56 Å². The Hall–Kier alpha value is -3.38. The Morgan fingerprint density at radius 2 is 1.61 bits per heavy atom. The molecule has 3 aromatic carbocycles. The van der Waals surface area contributed by atoms with Gasteiger partial charge in [-0.2, -0.15) is 5.26 Å². The molecule has 108 valence electrons. The first-order chi connectivity index (χ1) is 11.3. The Labute approximate surface area is 133 Å². The van der Waals surface area contributed by atoms with Crippen molar-refractivity contribution in [1.29, 1.82) is 5.26 Å². The molecule has 0 spiro atoms. The predicted octanol–water partition coefficient (Wildman–Crippen LogP) is 5.00. The number of pyridine rings is 1. The maximum atomic E-state index is 9.50. The molecule has 0 aliphatic carbocycles. The predicted molar refractivity (Wildman–Crippen MR) is 93.7 cm³/mol. The molecule has 1 aromatic heterocycles. The van der Waals surface area contributed by atoms with Gasteiger partial charge in [0, 0.05) is 17.3 Å². The summed E-state index contributed by atoms with van der Waals surface area (Å²) < 4.78 is 0. The molecule has 4 aromatic rings. The van der Waals surface area contributed by atoms with Gasteiger partial charge in [0.15, 0.2) is 0 Å². The lowest BCUT2D eigenvalue weighted by Crippen LogP contribution is -1.94. The van der Waals surface area contributed by atoms with Gasteiger partial charge in [-0.15, -0.1) is 0 Å². The van der Waals surface area contributed by atoms with Crippen molar-refractivity contribution in [2.75, 3.05) is 5.32 Å². The minimum Gasteiger partial charge on any atom is -0.340 e. The van der Waals surface area contributed by atoms with E-state index in [-0.39, 0.29) is 0 Å². The molecule has 3 nitrogen and oxygen atoms in total. The first kappa shape index (κ1) is 13.3. The smallest absolute Gasteiger partial charge is 0.130 e. The zero-order chi connectivity index (χ0) is 15.6. The van der Waals surface area contributed by atoms with Crippen LogP contribution < -0.4 is 5.32 Å². The highest BCUT2D eigenvalue weighted by Crippen LogP contribution is 2.29. The summed E-state index contributed by atoms with van der Waals surface area (Å²) in [5.74, 6) is 0.761. The van der Waals surface area contributed by atoms with E-state index in [4.69, 9.17) is 0 Å². The third-order valence-corrected chi connectivity index (χ3v) is 3.88. The highest BCUT2D eigenvalue weighted by Gasteiger charge is 2.06. The Morgan fingerprint density at radius 1 is 0.826 bits per heavy atom. The minimum atomic E-state index is 0.659. The number of hydrogen-bond acceptors (Lipinski definition) is 3. The van der Waals surface area contributed by atoms with Crippen molar-refractivity contribution in [3.8, 4) is 6.07 Å². The van der Waals surface area contributed by atoms with Crippen molar-refractivity contribution < 1.29 is 0 Å². The second kappa shape index (κ2) is 5.43. The van der Waals surface area contributed by atoms with Crippen LogP contribution in [0.25, 0.3) is 21.5 Å². The van der Waals surface area contributed by atoms with Gasteiger partial charge in [0.25, 0.3) is 0 Å². The maximum Gasteiger partial charge on any atom is 0.130 e. The fourth-order valence-electron chi connectivity index (χ4n) is 2.80. The number of nitrogens with zero attached hydrogens (tertiary/aromatic N) is 2. The normalized spacial score (nSPS) is 10.6. The van der Waals surface area contributed by atoms with E-state index in [0.29, 0.717) is 5.56 Å². The molecule has 1 heterocycles. The number of fused-ring (bicyclic) bond motifs is 2. The van der Waals surface area contributed by atoms with Crippen LogP contribution in [0.3, 0.4) is 0 Å². The third kappa shape index (κ3) is 2.47. The summed E-state index contributed by atoms with van der Waals surface area (Å²) in [6.07, 6.45) is 1.74. The van der Waals surface area contributed by atoms with Crippen molar-refractivity contribution in [3.63, 3.8) is 0 Å². The van der Waals surface area contributed by atoms with E-state index < -0.39 is 0 Å². The highest BCUT2D eigenvalue weighted by atomic mass is 15.0. The molecule has 3 heteroatoms. The van der Waals surface area contributed by atoms with E-state index in [1.54, 1.807) is 6.20 Å². The Kier molecular flexibility index (Phi) is 3.14. The number of benzene rings is 3. The van der Waals surface area contributed by atoms with Crippen LogP contribution in [0.4, 0.5) is 11.5 Å². The van der Waals surface area contributed by atoms with Crippen molar-refractivity contribution in [3.05, 3.63) is 78.5 Å². The molecular weight excluding hydrogens is 282 g/mol. The highest BCUT2D eigenvalue weighted by molar-refractivity contribution is 6.02. The van der Waals surface area contributed by atoms with Gasteiger partial charge in [-0.05, 0) is 52.6 Å². The molecule has 1 N–H and O–H groups in total. The van der Waals surface area contributed by atoms with Gasteiger partial charge in [-0.25, -0.2) is 4.98 Å². The molecule has 0 aliphatic rings. The molecule has 0 aliphatic heterocycles. The summed E-state index contributed by atoms with van der Waals surface area (Å²) in [4.78, 5) is 4.27. The summed E-state index contributed by atoms with van der Waals surface area (Å²) in [5.41, 5.74) is 1.52. The van der Waals surface area contributed by atoms with Gasteiger partial charge >= 0.3 is 0 Å². The Bertz CT molecular complexity index is 1050. The van der Waals surface area contributed by atoms with Crippen LogP contribution >= 0.6 is 0 Å². The molecule has 0 saturated heterocycles. The quantitative estimate of drug-likeness (QED) is 0.529. The van der Waals surface area contributed by atoms with E-state index in [9.17, 15) is 5.26 Å². The van der Waals surface area contributed by atoms with Crippen LogP contribution in [-0.4, -0.2) is 4.98 Å². The van der Waals surface area contributed by atoms with Gasteiger partial charge in [-0.1, -0.05) is 30.3 Å². The molecule has 0 saturated carbocycles. The van der Waals surface area contributed by atoms with E-state index in [1.807, 2.05) is 36.4 Å². The van der Waals surface area contributed by atoms with E-state index >= 15 is 0 Å². The fraction of sp³-hybridized carbons (Fsp3) is 0. The zero-order valence-corrected chi connectivity index (χ0v) is 12.3. The molecule has 0 bridgehead atoms. The monoisotopic (exact) mass is 295 g/mol. The van der Waals surface area contributed by atoms with E-state index in [1.165, 1.54) is 5.39 Å². The third-order valence-electron chi connectivity index (χ3n) is 3.88. The molecule has 0 unspecified atom stereocenters. The SMILES string of the molecule is N#Cc1cc(Nc2ccccn2)cc2cc3ccccc3cc12. The fourth-order valence-corrected chi connectivity index (χ4v) is 2.80. The molecule has 4 rings (SSSR count). The van der Waals surface area contributed by atoms with Crippen LogP contribution in [0.5, 0.6) is 0 Å². The van der Waals surface area contributed by atoms with Crippen LogP contribution in [0.2, 0.25) is 0 Å². The van der Waals surface area contributed by atoms with Gasteiger partial charge in [0.05, 0.1) is 11.6 Å². The summed E-state index contributed by atoms with van der Waals surface area (Å²) in [7, 11) is 0. The second-order valence-electron chi connectivity index (χ2n) is 5.40. The standard InChI is InChI=1S/C20H13N3/c21-13-17-11-18(23-20-7-3-4-8-22-20)10-16-9-14-5-1-2-6-15(14)12-19(16)17/h1-12H,(H,22,23). The van der Waals surface area contributed by atoms with Crippen molar-refractivity contribution >= 4 is 33.1 Å². The lowest BCUT2D eigenvalue weighted by atomic mass is 9.99. The van der Waals surface area contributed by atoms with E-state index in [2.05, 4.69) is 46.7 Å². The molecule has 23 heavy (non-hydrogen) atoms. The van der Waals surface area contributed by atoms with Gasteiger partial charge < -0.3 is 5.32 Å². The Morgan fingerprint density at radius 3 is 2.35 bits per heavy atom. The average molecular weight is 295 g/mol. The molecule has 0 atom stereocenters. The van der Waals surface area contributed by atoms with Crippen LogP contribution in [-0.2, 0) is 0 Å². The topological polar surface area (TPSA) is 48.7 Å². The molecule has 0 fully saturated rings. The lowest BCUT2D eigenvalue weighted by Gasteiger charge is -2.09. The summed E-state index contributed by atoms with van der Waals surface area (Å²) in [6.45, 7) is 0. The van der Waals surface area contributed by atoms with Gasteiger partial charge in [0.2, 0.25) is 0 Å². The number of rotatable bonds is 2. The lowest BCUT2D eigenvalue weighted by molar-refractivity contribution is 1.31. The first-order valence-electron chi connectivity index (χ1n) is 7.38. The number of hydrogen-bond donors (Lipinski definition) is 1. The number of nitriles is 1. The molecular formula is C20H13N3. The van der Waals surface area contributed by atoms with Crippen molar-refractivity contribution in [2.24, 2.45) is 0 Å². The summed E-state index contributed by atoms with van der Waals surface area (Å²) >= 11 is 0.